The zero-order valence-electron chi connectivity index (χ0n) is 19.0. The third-order valence-corrected chi connectivity index (χ3v) is 5.13. The predicted molar refractivity (Wildman–Crippen MR) is 118 cm³/mol. The lowest BCUT2D eigenvalue weighted by Crippen LogP contribution is -2.45. The van der Waals surface area contributed by atoms with Gasteiger partial charge in [0, 0.05) is 30.3 Å². The summed E-state index contributed by atoms with van der Waals surface area (Å²) in [6, 6.07) is 6.62. The van der Waals surface area contributed by atoms with Crippen molar-refractivity contribution in [2.75, 3.05) is 10.6 Å². The molecule has 1 aromatic rings. The number of carbonyl (C=O) groups is 4. The average Bonchev–Trinajstić information content (AvgIpc) is 3.10. The molecule has 1 saturated carbocycles. The van der Waals surface area contributed by atoms with Gasteiger partial charge in [-0.1, -0.05) is 12.8 Å². The van der Waals surface area contributed by atoms with Crippen LogP contribution in [0.4, 0.5) is 11.4 Å². The molecule has 170 valence electrons. The Bertz CT molecular complexity index is 821. The second-order valence-corrected chi connectivity index (χ2v) is 9.26. The van der Waals surface area contributed by atoms with Crippen molar-refractivity contribution in [1.82, 2.24) is 5.32 Å². The quantitative estimate of drug-likeness (QED) is 0.573. The van der Waals surface area contributed by atoms with Crippen LogP contribution in [0, 0.1) is 5.41 Å². The first-order chi connectivity index (χ1) is 14.4. The summed E-state index contributed by atoms with van der Waals surface area (Å²) < 4.78 is 5.49. The summed E-state index contributed by atoms with van der Waals surface area (Å²) in [5, 5.41) is 8.24. The van der Waals surface area contributed by atoms with Gasteiger partial charge in [0.15, 0.2) is 6.10 Å². The Balaban J connectivity index is 1.97. The monoisotopic (exact) mass is 431 g/mol. The van der Waals surface area contributed by atoms with Crippen LogP contribution in [0.25, 0.3) is 0 Å². The Morgan fingerprint density at radius 2 is 1.52 bits per heavy atom. The molecule has 0 spiro atoms. The lowest BCUT2D eigenvalue weighted by atomic mass is 9.82. The van der Waals surface area contributed by atoms with Crippen LogP contribution in [0.5, 0.6) is 0 Å². The van der Waals surface area contributed by atoms with Gasteiger partial charge in [0.05, 0.1) is 5.41 Å². The van der Waals surface area contributed by atoms with E-state index < -0.39 is 23.4 Å². The summed E-state index contributed by atoms with van der Waals surface area (Å²) in [7, 11) is 0. The van der Waals surface area contributed by atoms with Gasteiger partial charge in [-0.05, 0) is 64.8 Å². The van der Waals surface area contributed by atoms with Crippen LogP contribution in [0.15, 0.2) is 24.3 Å². The highest BCUT2D eigenvalue weighted by atomic mass is 16.5. The van der Waals surface area contributed by atoms with E-state index in [2.05, 4.69) is 16.0 Å². The highest BCUT2D eigenvalue weighted by molar-refractivity contribution is 5.96. The molecule has 8 nitrogen and oxygen atoms in total. The summed E-state index contributed by atoms with van der Waals surface area (Å²) in [6.45, 7) is 8.59. The van der Waals surface area contributed by atoms with E-state index in [9.17, 15) is 19.2 Å². The fourth-order valence-electron chi connectivity index (χ4n) is 3.70. The van der Waals surface area contributed by atoms with Gasteiger partial charge in [0.1, 0.15) is 0 Å². The number of hydrogen-bond donors (Lipinski definition) is 3. The van der Waals surface area contributed by atoms with E-state index in [1.54, 1.807) is 24.3 Å². The molecule has 1 unspecified atom stereocenters. The second-order valence-electron chi connectivity index (χ2n) is 9.26. The van der Waals surface area contributed by atoms with Gasteiger partial charge in [-0.25, -0.2) is 0 Å². The molecular formula is C23H33N3O5. The minimum atomic E-state index is -1.01. The van der Waals surface area contributed by atoms with Crippen LogP contribution >= 0.6 is 0 Å². The highest BCUT2D eigenvalue weighted by Crippen LogP contribution is 2.42. The summed E-state index contributed by atoms with van der Waals surface area (Å²) in [6.07, 6.45) is 1.89. The summed E-state index contributed by atoms with van der Waals surface area (Å²) in [4.78, 5) is 49.0. The van der Waals surface area contributed by atoms with Gasteiger partial charge in [-0.2, -0.15) is 0 Å². The molecular weight excluding hydrogens is 398 g/mol. The molecule has 3 N–H and O–H groups in total. The maximum Gasteiger partial charge on any atom is 0.313 e. The molecule has 31 heavy (non-hydrogen) atoms. The predicted octanol–water partition coefficient (Wildman–Crippen LogP) is 3.38. The average molecular weight is 432 g/mol. The van der Waals surface area contributed by atoms with Crippen molar-refractivity contribution in [1.29, 1.82) is 0 Å². The molecule has 0 saturated heterocycles. The molecule has 2 rings (SSSR count). The number of amides is 3. The Morgan fingerprint density at radius 1 is 1.00 bits per heavy atom. The number of esters is 1. The Labute approximate surface area is 183 Å². The maximum absolute atomic E-state index is 13.0. The lowest BCUT2D eigenvalue weighted by Gasteiger charge is -2.29. The van der Waals surface area contributed by atoms with Gasteiger partial charge in [-0.15, -0.1) is 0 Å². The minimum absolute atomic E-state index is 0.0576. The van der Waals surface area contributed by atoms with Crippen LogP contribution in [-0.2, 0) is 23.9 Å². The van der Waals surface area contributed by atoms with Crippen LogP contribution in [0.3, 0.4) is 0 Å². The molecule has 0 aliphatic heterocycles. The normalized spacial score (nSPS) is 16.2. The van der Waals surface area contributed by atoms with Gasteiger partial charge in [-0.3, -0.25) is 19.2 Å². The smallest absolute Gasteiger partial charge is 0.313 e. The van der Waals surface area contributed by atoms with Crippen molar-refractivity contribution in [3.05, 3.63) is 24.3 Å². The van der Waals surface area contributed by atoms with Gasteiger partial charge < -0.3 is 20.7 Å². The van der Waals surface area contributed by atoms with Gasteiger partial charge in [0.25, 0.3) is 5.91 Å². The molecule has 3 amide bonds. The fraction of sp³-hybridized carbons (Fsp3) is 0.565. The molecule has 1 aromatic carbocycles. The van der Waals surface area contributed by atoms with Crippen molar-refractivity contribution in [2.24, 2.45) is 5.41 Å². The standard InChI is InChI=1S/C23H33N3O5/c1-15(20(29)25-18-10-8-17(9-11-18)24-16(2)27)31-21(30)23(12-6-7-13-23)14-19(28)26-22(3,4)5/h8-11,15H,6-7,12-14H2,1-5H3,(H,24,27)(H,25,29)(H,26,28). The maximum atomic E-state index is 13.0. The summed E-state index contributed by atoms with van der Waals surface area (Å²) in [5.74, 6) is -1.34. The number of benzene rings is 1. The number of nitrogens with one attached hydrogen (secondary N) is 3. The first-order valence-electron chi connectivity index (χ1n) is 10.6. The molecule has 0 bridgehead atoms. The van der Waals surface area contributed by atoms with E-state index in [0.717, 1.165) is 12.8 Å². The second kappa shape index (κ2) is 9.94. The molecule has 0 radical (unpaired) electrons. The Morgan fingerprint density at radius 3 is 2.00 bits per heavy atom. The topological polar surface area (TPSA) is 114 Å². The van der Waals surface area contributed by atoms with Crippen molar-refractivity contribution < 1.29 is 23.9 Å². The minimum Gasteiger partial charge on any atom is -0.452 e. The van der Waals surface area contributed by atoms with E-state index in [1.165, 1.54) is 13.8 Å². The third kappa shape index (κ3) is 7.38. The Hall–Kier alpha value is -2.90. The van der Waals surface area contributed by atoms with E-state index >= 15 is 0 Å². The van der Waals surface area contributed by atoms with Crippen molar-refractivity contribution in [3.63, 3.8) is 0 Å². The van der Waals surface area contributed by atoms with Crippen molar-refractivity contribution in [3.8, 4) is 0 Å². The zero-order valence-corrected chi connectivity index (χ0v) is 19.0. The number of hydrogen-bond acceptors (Lipinski definition) is 5. The molecule has 0 aromatic heterocycles. The molecule has 1 atom stereocenters. The van der Waals surface area contributed by atoms with E-state index in [0.29, 0.717) is 24.2 Å². The van der Waals surface area contributed by atoms with Gasteiger partial charge >= 0.3 is 5.97 Å². The van der Waals surface area contributed by atoms with Crippen LogP contribution in [-0.4, -0.2) is 35.3 Å². The van der Waals surface area contributed by atoms with Crippen molar-refractivity contribution in [2.45, 2.75) is 78.4 Å². The van der Waals surface area contributed by atoms with E-state index in [4.69, 9.17) is 4.74 Å². The number of carbonyl (C=O) groups excluding carboxylic acids is 4. The molecule has 8 heteroatoms. The molecule has 1 fully saturated rings. The summed E-state index contributed by atoms with van der Waals surface area (Å²) in [5.41, 5.74) is -0.142. The van der Waals surface area contributed by atoms with Crippen LogP contribution in [0.2, 0.25) is 0 Å². The van der Waals surface area contributed by atoms with Gasteiger partial charge in [0.2, 0.25) is 11.8 Å². The van der Waals surface area contributed by atoms with Crippen LogP contribution < -0.4 is 16.0 Å². The highest BCUT2D eigenvalue weighted by Gasteiger charge is 2.45. The van der Waals surface area contributed by atoms with Crippen molar-refractivity contribution >= 4 is 35.1 Å². The fourth-order valence-corrected chi connectivity index (χ4v) is 3.70. The lowest BCUT2D eigenvalue weighted by molar-refractivity contribution is -0.165. The first kappa shape index (κ1) is 24.4. The number of rotatable bonds is 7. The van der Waals surface area contributed by atoms with Crippen LogP contribution in [0.1, 0.15) is 66.7 Å². The molecule has 0 heterocycles. The largest absolute Gasteiger partial charge is 0.452 e. The molecule has 1 aliphatic carbocycles. The Kier molecular flexibility index (Phi) is 7.81. The SMILES string of the molecule is CC(=O)Nc1ccc(NC(=O)C(C)OC(=O)C2(CC(=O)NC(C)(C)C)CCCC2)cc1. The number of anilines is 2. The summed E-state index contributed by atoms with van der Waals surface area (Å²) >= 11 is 0. The zero-order chi connectivity index (χ0) is 23.2. The third-order valence-electron chi connectivity index (χ3n) is 5.13. The first-order valence-corrected chi connectivity index (χ1v) is 10.6. The molecule has 1 aliphatic rings. The number of ether oxygens (including phenoxy) is 1. The van der Waals surface area contributed by atoms with E-state index in [-0.39, 0.29) is 23.8 Å². The van der Waals surface area contributed by atoms with E-state index in [1.807, 2.05) is 20.8 Å².